The molecule has 0 unspecified atom stereocenters. The van der Waals surface area contributed by atoms with Gasteiger partial charge in [0.25, 0.3) is 0 Å². The molecule has 0 aromatic rings. The summed E-state index contributed by atoms with van der Waals surface area (Å²) in [4.78, 5) is 0. The zero-order chi connectivity index (χ0) is 8.39. The molecule has 0 spiro atoms. The Hall–Kier alpha value is -1.56. The third kappa shape index (κ3) is 1.37. The van der Waals surface area contributed by atoms with Crippen LogP contribution in [0.1, 0.15) is 0 Å². The molecule has 0 bridgehead atoms. The maximum absolute atomic E-state index is 3.85. The summed E-state index contributed by atoms with van der Waals surface area (Å²) in [6, 6.07) is 0. The van der Waals surface area contributed by atoms with Crippen LogP contribution in [0.3, 0.4) is 0 Å². The lowest BCUT2D eigenvalue weighted by Gasteiger charge is -1.89. The lowest BCUT2D eigenvalue weighted by Crippen LogP contribution is -1.70. The Labute approximate surface area is 72.6 Å². The molecule has 0 amide bonds. The van der Waals surface area contributed by atoms with Crippen molar-refractivity contribution in [3.05, 3.63) is 71.9 Å². The molecular weight excluding hydrogens is 144 g/mol. The van der Waals surface area contributed by atoms with Crippen LogP contribution < -0.4 is 0 Å². The first-order chi connectivity index (χ1) is 5.84. The van der Waals surface area contributed by atoms with Gasteiger partial charge in [0, 0.05) is 0 Å². The maximum Gasteiger partial charge on any atom is -0.0245 e. The molecule has 58 valence electrons. The van der Waals surface area contributed by atoms with Crippen molar-refractivity contribution in [2.24, 2.45) is 0 Å². The number of allylic oxidation sites excluding steroid dienone is 11. The molecule has 12 heavy (non-hydrogen) atoms. The first-order valence-electron chi connectivity index (χ1n) is 4.00. The highest BCUT2D eigenvalue weighted by atomic mass is 14.0. The molecule has 0 saturated carbocycles. The van der Waals surface area contributed by atoms with E-state index in [4.69, 9.17) is 0 Å². The summed E-state index contributed by atoms with van der Waals surface area (Å²) in [6.45, 7) is 3.85. The van der Waals surface area contributed by atoms with E-state index in [1.807, 2.05) is 18.2 Å². The molecule has 2 aliphatic rings. The van der Waals surface area contributed by atoms with Crippen LogP contribution in [0, 0.1) is 0 Å². The van der Waals surface area contributed by atoms with Gasteiger partial charge in [-0.05, 0) is 28.9 Å². The van der Waals surface area contributed by atoms with E-state index in [1.165, 1.54) is 11.1 Å². The lowest BCUT2D eigenvalue weighted by molar-refractivity contribution is 1.66. The molecule has 2 rings (SSSR count). The van der Waals surface area contributed by atoms with Crippen LogP contribution in [-0.2, 0) is 0 Å². The largest absolute Gasteiger partial charge is 0.0917 e. The molecule has 0 heterocycles. The molecule has 0 N–H and O–H groups in total. The summed E-state index contributed by atoms with van der Waals surface area (Å²) < 4.78 is 0. The molecule has 0 atom stereocenters. The van der Waals surface area contributed by atoms with Crippen molar-refractivity contribution < 1.29 is 0 Å². The van der Waals surface area contributed by atoms with E-state index in [0.717, 1.165) is 5.57 Å². The highest BCUT2D eigenvalue weighted by molar-refractivity contribution is 5.53. The number of hydrogen-bond acceptors (Lipinski definition) is 0. The molecule has 0 aliphatic heterocycles. The van der Waals surface area contributed by atoms with Gasteiger partial charge in [0.1, 0.15) is 0 Å². The predicted molar refractivity (Wildman–Crippen MR) is 52.7 cm³/mol. The van der Waals surface area contributed by atoms with E-state index >= 15 is 0 Å². The zero-order valence-electron chi connectivity index (χ0n) is 6.83. The van der Waals surface area contributed by atoms with Crippen LogP contribution in [0.5, 0.6) is 0 Å². The van der Waals surface area contributed by atoms with Gasteiger partial charge >= 0.3 is 0 Å². The molecule has 0 aromatic carbocycles. The molecule has 0 aromatic heterocycles. The van der Waals surface area contributed by atoms with Crippen LogP contribution in [0.15, 0.2) is 71.9 Å². The van der Waals surface area contributed by atoms with Crippen LogP contribution in [0.25, 0.3) is 0 Å². The summed E-state index contributed by atoms with van der Waals surface area (Å²) in [5, 5.41) is 0. The molecule has 2 aliphatic carbocycles. The first-order valence-corrected chi connectivity index (χ1v) is 4.00. The highest BCUT2D eigenvalue weighted by Gasteiger charge is 1.98. The SMILES string of the molecule is C=C1C=CC(C=C2C=CC=C2)=C1. The van der Waals surface area contributed by atoms with Gasteiger partial charge in [0.05, 0.1) is 0 Å². The molecule has 0 nitrogen and oxygen atoms in total. The van der Waals surface area contributed by atoms with E-state index in [0.29, 0.717) is 0 Å². The third-order valence-corrected chi connectivity index (χ3v) is 1.86. The molecule has 0 saturated heterocycles. The van der Waals surface area contributed by atoms with Crippen molar-refractivity contribution in [2.45, 2.75) is 0 Å². The Morgan fingerprint density at radius 2 is 1.75 bits per heavy atom. The summed E-state index contributed by atoms with van der Waals surface area (Å²) in [5.41, 5.74) is 3.56. The minimum Gasteiger partial charge on any atom is -0.0917 e. The molecule has 0 heteroatoms. The van der Waals surface area contributed by atoms with Crippen LogP contribution >= 0.6 is 0 Å². The Balaban J connectivity index is 2.23. The van der Waals surface area contributed by atoms with Crippen molar-refractivity contribution in [2.75, 3.05) is 0 Å². The second-order valence-electron chi connectivity index (χ2n) is 2.92. The highest BCUT2D eigenvalue weighted by Crippen LogP contribution is 2.18. The second-order valence-corrected chi connectivity index (χ2v) is 2.92. The van der Waals surface area contributed by atoms with E-state index in [1.54, 1.807) is 0 Å². The van der Waals surface area contributed by atoms with Crippen LogP contribution in [0.4, 0.5) is 0 Å². The van der Waals surface area contributed by atoms with Crippen molar-refractivity contribution in [3.63, 3.8) is 0 Å². The average Bonchev–Trinajstić information content (AvgIpc) is 2.63. The van der Waals surface area contributed by atoms with Gasteiger partial charge in [-0.25, -0.2) is 0 Å². The Morgan fingerprint density at radius 1 is 1.00 bits per heavy atom. The van der Waals surface area contributed by atoms with Gasteiger partial charge in [0.15, 0.2) is 0 Å². The average molecular weight is 154 g/mol. The standard InChI is InChI=1S/C12H10/c1-10-6-7-12(8-10)9-11-4-2-3-5-11/h2-9H,1H2. The second kappa shape index (κ2) is 2.82. The quantitative estimate of drug-likeness (QED) is 0.544. The van der Waals surface area contributed by atoms with Gasteiger partial charge in [-0.3, -0.25) is 0 Å². The van der Waals surface area contributed by atoms with Crippen molar-refractivity contribution >= 4 is 0 Å². The first kappa shape index (κ1) is 7.11. The smallest absolute Gasteiger partial charge is 0.0245 e. The van der Waals surface area contributed by atoms with Gasteiger partial charge in [-0.2, -0.15) is 0 Å². The lowest BCUT2D eigenvalue weighted by atomic mass is 10.2. The van der Waals surface area contributed by atoms with E-state index < -0.39 is 0 Å². The van der Waals surface area contributed by atoms with Gasteiger partial charge in [-0.1, -0.05) is 43.0 Å². The summed E-state index contributed by atoms with van der Waals surface area (Å²) in [5.74, 6) is 0. The van der Waals surface area contributed by atoms with E-state index in [9.17, 15) is 0 Å². The van der Waals surface area contributed by atoms with Crippen molar-refractivity contribution in [1.82, 2.24) is 0 Å². The molecule has 0 fully saturated rings. The topological polar surface area (TPSA) is 0 Å². The van der Waals surface area contributed by atoms with E-state index in [-0.39, 0.29) is 0 Å². The third-order valence-electron chi connectivity index (χ3n) is 1.86. The number of rotatable bonds is 1. The predicted octanol–water partition coefficient (Wildman–Crippen LogP) is 3.09. The Kier molecular flexibility index (Phi) is 1.67. The monoisotopic (exact) mass is 154 g/mol. The summed E-state index contributed by atoms with van der Waals surface area (Å²) in [7, 11) is 0. The van der Waals surface area contributed by atoms with Gasteiger partial charge < -0.3 is 0 Å². The fourth-order valence-corrected chi connectivity index (χ4v) is 1.28. The molecule has 0 radical (unpaired) electrons. The van der Waals surface area contributed by atoms with Gasteiger partial charge in [-0.15, -0.1) is 0 Å². The molecular formula is C12H10. The zero-order valence-corrected chi connectivity index (χ0v) is 6.83. The van der Waals surface area contributed by atoms with Crippen LogP contribution in [-0.4, -0.2) is 0 Å². The minimum absolute atomic E-state index is 1.08. The summed E-state index contributed by atoms with van der Waals surface area (Å²) >= 11 is 0. The summed E-state index contributed by atoms with van der Waals surface area (Å²) in [6.07, 6.45) is 16.6. The van der Waals surface area contributed by atoms with Crippen LogP contribution in [0.2, 0.25) is 0 Å². The van der Waals surface area contributed by atoms with Crippen molar-refractivity contribution in [3.8, 4) is 0 Å². The fraction of sp³-hybridized carbons (Fsp3) is 0. The normalized spacial score (nSPS) is 19.2. The minimum atomic E-state index is 1.08. The van der Waals surface area contributed by atoms with E-state index in [2.05, 4.69) is 37.0 Å². The fourth-order valence-electron chi connectivity index (χ4n) is 1.28. The van der Waals surface area contributed by atoms with Crippen molar-refractivity contribution in [1.29, 1.82) is 0 Å². The number of hydrogen-bond donors (Lipinski definition) is 0. The Bertz CT molecular complexity index is 343. The Morgan fingerprint density at radius 3 is 2.33 bits per heavy atom. The van der Waals surface area contributed by atoms with Gasteiger partial charge in [0.2, 0.25) is 0 Å². The maximum atomic E-state index is 3.85.